The smallest absolute Gasteiger partial charge is 0.191 e. The number of unbranched alkanes of at least 4 members (excludes halogenated alkanes) is 1. The standard InChI is InChI=1S/C12H19O2P/c1-2-14-15(13)11-7-6-10-12-8-4-3-5-9-12/h3-5,8-9,15H,2,6-7,10-11H2,1H3. The largest absolute Gasteiger partial charge is 0.331 e. The van der Waals surface area contributed by atoms with Gasteiger partial charge in [0, 0.05) is 6.16 Å². The van der Waals surface area contributed by atoms with Gasteiger partial charge in [-0.25, -0.2) is 0 Å². The van der Waals surface area contributed by atoms with Crippen LogP contribution >= 0.6 is 8.03 Å². The summed E-state index contributed by atoms with van der Waals surface area (Å²) in [5.74, 6) is 0. The third-order valence-corrected chi connectivity index (χ3v) is 3.62. The molecule has 0 aliphatic rings. The van der Waals surface area contributed by atoms with Gasteiger partial charge in [0.1, 0.15) is 0 Å². The highest BCUT2D eigenvalue weighted by molar-refractivity contribution is 7.39. The first kappa shape index (κ1) is 12.5. The molecular formula is C12H19O2P. The first-order chi connectivity index (χ1) is 7.33. The molecule has 15 heavy (non-hydrogen) atoms. The normalized spacial score (nSPS) is 12.6. The van der Waals surface area contributed by atoms with Crippen LogP contribution in [0, 0.1) is 0 Å². The van der Waals surface area contributed by atoms with Crippen LogP contribution in [0.4, 0.5) is 0 Å². The van der Waals surface area contributed by atoms with Gasteiger partial charge in [0.15, 0.2) is 8.03 Å². The number of benzene rings is 1. The van der Waals surface area contributed by atoms with E-state index in [0.29, 0.717) is 6.61 Å². The van der Waals surface area contributed by atoms with Gasteiger partial charge in [-0.3, -0.25) is 4.57 Å². The Morgan fingerprint density at radius 1 is 1.20 bits per heavy atom. The molecule has 0 aromatic heterocycles. The molecule has 0 heterocycles. The van der Waals surface area contributed by atoms with E-state index in [0.717, 1.165) is 25.4 Å². The highest BCUT2D eigenvalue weighted by Crippen LogP contribution is 2.23. The fraction of sp³-hybridized carbons (Fsp3) is 0.500. The Morgan fingerprint density at radius 2 is 1.93 bits per heavy atom. The van der Waals surface area contributed by atoms with Crippen molar-refractivity contribution in [1.82, 2.24) is 0 Å². The van der Waals surface area contributed by atoms with Crippen LogP contribution in [0.15, 0.2) is 30.3 Å². The van der Waals surface area contributed by atoms with Crippen LogP contribution in [-0.4, -0.2) is 12.8 Å². The minimum absolute atomic E-state index is 0.566. The van der Waals surface area contributed by atoms with Crippen molar-refractivity contribution in [2.45, 2.75) is 26.2 Å². The zero-order valence-electron chi connectivity index (χ0n) is 9.24. The monoisotopic (exact) mass is 226 g/mol. The van der Waals surface area contributed by atoms with Crippen molar-refractivity contribution >= 4 is 8.03 Å². The lowest BCUT2D eigenvalue weighted by atomic mass is 10.1. The molecule has 1 rings (SSSR count). The van der Waals surface area contributed by atoms with Gasteiger partial charge in [-0.2, -0.15) is 0 Å². The lowest BCUT2D eigenvalue weighted by Crippen LogP contribution is -1.88. The van der Waals surface area contributed by atoms with Crippen LogP contribution in [0.5, 0.6) is 0 Å². The van der Waals surface area contributed by atoms with E-state index in [1.165, 1.54) is 5.56 Å². The Kier molecular flexibility index (Phi) is 6.38. The average molecular weight is 226 g/mol. The predicted molar refractivity (Wildman–Crippen MR) is 64.9 cm³/mol. The summed E-state index contributed by atoms with van der Waals surface area (Å²) in [5.41, 5.74) is 1.36. The van der Waals surface area contributed by atoms with Crippen molar-refractivity contribution in [2.75, 3.05) is 12.8 Å². The molecule has 0 saturated heterocycles. The molecule has 0 radical (unpaired) electrons. The second-order valence-electron chi connectivity index (χ2n) is 3.50. The number of aryl methyl sites for hydroxylation is 1. The van der Waals surface area contributed by atoms with Gasteiger partial charge in [-0.1, -0.05) is 30.3 Å². The van der Waals surface area contributed by atoms with Crippen molar-refractivity contribution in [3.05, 3.63) is 35.9 Å². The predicted octanol–water partition coefficient (Wildman–Crippen LogP) is 3.52. The number of rotatable bonds is 7. The molecule has 0 amide bonds. The van der Waals surface area contributed by atoms with E-state index >= 15 is 0 Å². The van der Waals surface area contributed by atoms with Crippen LogP contribution in [0.1, 0.15) is 25.3 Å². The second-order valence-corrected chi connectivity index (χ2v) is 5.03. The van der Waals surface area contributed by atoms with Gasteiger partial charge in [0.05, 0.1) is 6.61 Å². The SMILES string of the molecule is CCO[PH](=O)CCCCc1ccccc1. The second kappa shape index (κ2) is 7.67. The Bertz CT molecular complexity index is 285. The summed E-state index contributed by atoms with van der Waals surface area (Å²) >= 11 is 0. The molecular weight excluding hydrogens is 207 g/mol. The topological polar surface area (TPSA) is 26.3 Å². The summed E-state index contributed by atoms with van der Waals surface area (Å²) in [6.45, 7) is 2.45. The van der Waals surface area contributed by atoms with Gasteiger partial charge < -0.3 is 4.52 Å². The van der Waals surface area contributed by atoms with Crippen molar-refractivity contribution in [3.8, 4) is 0 Å². The zero-order valence-corrected chi connectivity index (χ0v) is 10.2. The van der Waals surface area contributed by atoms with Crippen LogP contribution in [0.25, 0.3) is 0 Å². The number of hydrogen-bond donors (Lipinski definition) is 0. The molecule has 1 aromatic rings. The lowest BCUT2D eigenvalue weighted by Gasteiger charge is -2.02. The van der Waals surface area contributed by atoms with E-state index in [2.05, 4.69) is 24.3 Å². The fourth-order valence-electron chi connectivity index (χ4n) is 1.48. The Hall–Kier alpha value is -0.590. The fourth-order valence-corrected chi connectivity index (χ4v) is 2.48. The molecule has 1 unspecified atom stereocenters. The maximum atomic E-state index is 11.2. The minimum Gasteiger partial charge on any atom is -0.331 e. The molecule has 0 saturated carbocycles. The molecule has 0 fully saturated rings. The molecule has 84 valence electrons. The molecule has 3 heteroatoms. The van der Waals surface area contributed by atoms with Crippen molar-refractivity contribution in [2.24, 2.45) is 0 Å². The van der Waals surface area contributed by atoms with Crippen LogP contribution in [0.2, 0.25) is 0 Å². The Morgan fingerprint density at radius 3 is 2.60 bits per heavy atom. The van der Waals surface area contributed by atoms with E-state index in [1.54, 1.807) is 0 Å². The summed E-state index contributed by atoms with van der Waals surface area (Å²) in [5, 5.41) is 0. The van der Waals surface area contributed by atoms with Crippen LogP contribution in [0.3, 0.4) is 0 Å². The first-order valence-electron chi connectivity index (χ1n) is 5.52. The van der Waals surface area contributed by atoms with Crippen LogP contribution < -0.4 is 0 Å². The molecule has 0 N–H and O–H groups in total. The van der Waals surface area contributed by atoms with Crippen LogP contribution in [-0.2, 0) is 15.5 Å². The quantitative estimate of drug-likeness (QED) is 0.525. The van der Waals surface area contributed by atoms with Crippen molar-refractivity contribution in [3.63, 3.8) is 0 Å². The van der Waals surface area contributed by atoms with Gasteiger partial charge in [-0.05, 0) is 31.7 Å². The summed E-state index contributed by atoms with van der Waals surface area (Å²) in [6, 6.07) is 10.4. The molecule has 1 atom stereocenters. The molecule has 0 spiro atoms. The van der Waals surface area contributed by atoms with Crippen molar-refractivity contribution < 1.29 is 9.09 Å². The molecule has 0 aliphatic carbocycles. The minimum atomic E-state index is -1.74. The molecule has 0 aliphatic heterocycles. The average Bonchev–Trinajstić information content (AvgIpc) is 2.26. The highest BCUT2D eigenvalue weighted by Gasteiger charge is 1.98. The summed E-state index contributed by atoms with van der Waals surface area (Å²) in [7, 11) is -1.74. The van der Waals surface area contributed by atoms with Crippen molar-refractivity contribution in [1.29, 1.82) is 0 Å². The van der Waals surface area contributed by atoms with Gasteiger partial charge in [-0.15, -0.1) is 0 Å². The first-order valence-corrected chi connectivity index (χ1v) is 7.05. The molecule has 1 aromatic carbocycles. The maximum absolute atomic E-state index is 11.2. The van der Waals surface area contributed by atoms with E-state index in [9.17, 15) is 4.57 Å². The number of hydrogen-bond acceptors (Lipinski definition) is 2. The summed E-state index contributed by atoms with van der Waals surface area (Å²) in [6.07, 6.45) is 3.88. The van der Waals surface area contributed by atoms with Gasteiger partial charge in [0.2, 0.25) is 0 Å². The van der Waals surface area contributed by atoms with Gasteiger partial charge >= 0.3 is 0 Å². The van der Waals surface area contributed by atoms with Gasteiger partial charge in [0.25, 0.3) is 0 Å². The zero-order chi connectivity index (χ0) is 10.9. The Labute approximate surface area is 92.5 Å². The lowest BCUT2D eigenvalue weighted by molar-refractivity contribution is 0.349. The van der Waals surface area contributed by atoms with E-state index in [-0.39, 0.29) is 0 Å². The summed E-state index contributed by atoms with van der Waals surface area (Å²) < 4.78 is 16.3. The summed E-state index contributed by atoms with van der Waals surface area (Å²) in [4.78, 5) is 0. The highest BCUT2D eigenvalue weighted by atomic mass is 31.1. The third kappa shape index (κ3) is 5.76. The molecule has 0 bridgehead atoms. The Balaban J connectivity index is 2.10. The van der Waals surface area contributed by atoms with E-state index in [4.69, 9.17) is 4.52 Å². The molecule has 2 nitrogen and oxygen atoms in total. The van der Waals surface area contributed by atoms with E-state index in [1.807, 2.05) is 13.0 Å². The maximum Gasteiger partial charge on any atom is 0.191 e. The van der Waals surface area contributed by atoms with E-state index < -0.39 is 8.03 Å². The third-order valence-electron chi connectivity index (χ3n) is 2.24.